The number of aromatic nitrogens is 3. The van der Waals surface area contributed by atoms with Gasteiger partial charge in [-0.2, -0.15) is 0 Å². The van der Waals surface area contributed by atoms with Gasteiger partial charge in [0.05, 0.1) is 0 Å². The molecular formula is C6H7N7OS. The second-order valence-electron chi connectivity index (χ2n) is 3.13. The minimum absolute atomic E-state index is 0.0216. The van der Waals surface area contributed by atoms with Crippen LogP contribution in [0.2, 0.25) is 0 Å². The smallest absolute Gasteiger partial charge is 0.234 e. The molecule has 1 atom stereocenters. The van der Waals surface area contributed by atoms with E-state index in [1.54, 1.807) is 0 Å². The van der Waals surface area contributed by atoms with E-state index in [1.165, 1.54) is 4.90 Å². The zero-order chi connectivity index (χ0) is 10.7. The minimum atomic E-state index is -0.0216. The lowest BCUT2D eigenvalue weighted by atomic mass is 10.1. The number of hydrogen-bond donors (Lipinski definition) is 0. The van der Waals surface area contributed by atoms with Crippen LogP contribution in [0.5, 0.6) is 0 Å². The van der Waals surface area contributed by atoms with E-state index in [4.69, 9.17) is 5.53 Å². The van der Waals surface area contributed by atoms with Crippen LogP contribution in [0.15, 0.2) is 5.11 Å². The van der Waals surface area contributed by atoms with Gasteiger partial charge in [-0.25, -0.2) is 0 Å². The van der Waals surface area contributed by atoms with E-state index >= 15 is 0 Å². The molecule has 0 aliphatic carbocycles. The second-order valence-corrected chi connectivity index (χ2v) is 3.84. The molecule has 0 aromatic carbocycles. The molecule has 0 saturated carbocycles. The molecule has 1 unspecified atom stereocenters. The molecule has 2 heterocycles. The van der Waals surface area contributed by atoms with Crippen LogP contribution in [-0.4, -0.2) is 33.8 Å². The Morgan fingerprint density at radius 2 is 2.60 bits per heavy atom. The van der Waals surface area contributed by atoms with Crippen LogP contribution in [0, 0.1) is 5.92 Å². The highest BCUT2D eigenvalue weighted by atomic mass is 32.1. The summed E-state index contributed by atoms with van der Waals surface area (Å²) in [6.07, 6.45) is 0.387. The number of azide groups is 1. The van der Waals surface area contributed by atoms with Gasteiger partial charge in [-0.3, -0.25) is 9.69 Å². The van der Waals surface area contributed by atoms with Gasteiger partial charge < -0.3 is 0 Å². The third-order valence-corrected chi connectivity index (χ3v) is 2.75. The summed E-state index contributed by atoms with van der Waals surface area (Å²) in [4.78, 5) is 15.7. The molecule has 2 rings (SSSR count). The fourth-order valence-electron chi connectivity index (χ4n) is 1.47. The molecule has 0 spiro atoms. The van der Waals surface area contributed by atoms with Crippen LogP contribution in [0.4, 0.5) is 5.13 Å². The summed E-state index contributed by atoms with van der Waals surface area (Å²) >= 11 is 1.08. The van der Waals surface area contributed by atoms with E-state index in [0.717, 1.165) is 11.5 Å². The highest BCUT2D eigenvalue weighted by Crippen LogP contribution is 2.24. The summed E-state index contributed by atoms with van der Waals surface area (Å²) in [5.41, 5.74) is 8.17. The van der Waals surface area contributed by atoms with Crippen molar-refractivity contribution in [3.05, 3.63) is 10.4 Å². The Bertz CT molecular complexity index is 398. The molecule has 15 heavy (non-hydrogen) atoms. The molecule has 1 fully saturated rings. The third-order valence-electron chi connectivity index (χ3n) is 2.13. The van der Waals surface area contributed by atoms with Crippen LogP contribution in [0.25, 0.3) is 10.4 Å². The maximum atomic E-state index is 11.5. The largest absolute Gasteiger partial charge is 0.285 e. The van der Waals surface area contributed by atoms with Gasteiger partial charge >= 0.3 is 0 Å². The number of amides is 1. The number of nitrogens with zero attached hydrogens (tertiary/aromatic N) is 7. The molecule has 1 aromatic rings. The van der Waals surface area contributed by atoms with E-state index in [9.17, 15) is 4.79 Å². The van der Waals surface area contributed by atoms with Crippen molar-refractivity contribution < 1.29 is 4.79 Å². The molecule has 0 bridgehead atoms. The molecule has 1 aromatic heterocycles. The van der Waals surface area contributed by atoms with Gasteiger partial charge in [-0.15, -0.1) is 0 Å². The number of anilines is 1. The molecule has 0 N–H and O–H groups in total. The van der Waals surface area contributed by atoms with Gasteiger partial charge in [0, 0.05) is 36.0 Å². The Balaban J connectivity index is 2.05. The predicted molar refractivity (Wildman–Crippen MR) is 52.2 cm³/mol. The quantitative estimate of drug-likeness (QED) is 0.426. The highest BCUT2D eigenvalue weighted by Gasteiger charge is 2.31. The highest BCUT2D eigenvalue weighted by molar-refractivity contribution is 7.09. The lowest BCUT2D eigenvalue weighted by Gasteiger charge is -2.09. The topological polar surface area (TPSA) is 108 Å². The van der Waals surface area contributed by atoms with Gasteiger partial charge in [0.2, 0.25) is 11.0 Å². The molecular weight excluding hydrogens is 218 g/mol. The van der Waals surface area contributed by atoms with Gasteiger partial charge in [0.15, 0.2) is 0 Å². The van der Waals surface area contributed by atoms with Crippen molar-refractivity contribution in [1.82, 2.24) is 14.8 Å². The summed E-state index contributed by atoms with van der Waals surface area (Å²) < 4.78 is 3.59. The number of rotatable bonds is 3. The fourth-order valence-corrected chi connectivity index (χ4v) is 1.97. The van der Waals surface area contributed by atoms with Crippen molar-refractivity contribution in [3.8, 4) is 0 Å². The first-order chi connectivity index (χ1) is 7.31. The molecule has 1 saturated heterocycles. The average molecular weight is 225 g/mol. The van der Waals surface area contributed by atoms with Crippen LogP contribution >= 0.6 is 11.5 Å². The van der Waals surface area contributed by atoms with Gasteiger partial charge in [0.25, 0.3) is 0 Å². The first kappa shape index (κ1) is 9.81. The lowest BCUT2D eigenvalue weighted by Crippen LogP contribution is -2.24. The summed E-state index contributed by atoms with van der Waals surface area (Å²) in [7, 11) is 0. The standard InChI is InChI=1S/C6H7N7OS/c7-10-8-2-4-1-5(14)13(3-4)6-9-11-12-15-6/h4H,1-3H2. The van der Waals surface area contributed by atoms with E-state index in [-0.39, 0.29) is 11.8 Å². The van der Waals surface area contributed by atoms with Crippen LogP contribution in [0.1, 0.15) is 6.42 Å². The first-order valence-corrected chi connectivity index (χ1v) is 5.05. The summed E-state index contributed by atoms with van der Waals surface area (Å²) in [6.45, 7) is 0.861. The number of hydrogen-bond acceptors (Lipinski definition) is 6. The number of carbonyl (C=O) groups is 1. The predicted octanol–water partition coefficient (Wildman–Crippen LogP) is 0.596. The van der Waals surface area contributed by atoms with Crippen molar-refractivity contribution in [2.24, 2.45) is 11.0 Å². The third kappa shape index (κ3) is 2.03. The summed E-state index contributed by atoms with van der Waals surface area (Å²) in [5.74, 6) is 0.0454. The molecule has 78 valence electrons. The molecule has 8 nitrogen and oxygen atoms in total. The van der Waals surface area contributed by atoms with E-state index in [1.807, 2.05) is 0 Å². The van der Waals surface area contributed by atoms with E-state index in [0.29, 0.717) is 24.6 Å². The molecule has 0 radical (unpaired) electrons. The monoisotopic (exact) mass is 225 g/mol. The maximum absolute atomic E-state index is 11.5. The van der Waals surface area contributed by atoms with E-state index < -0.39 is 0 Å². The Hall–Kier alpha value is -1.73. The minimum Gasteiger partial charge on any atom is -0.285 e. The Morgan fingerprint density at radius 3 is 3.27 bits per heavy atom. The molecule has 1 aliphatic heterocycles. The average Bonchev–Trinajstić information content (AvgIpc) is 2.83. The maximum Gasteiger partial charge on any atom is 0.234 e. The van der Waals surface area contributed by atoms with Gasteiger partial charge in [-0.1, -0.05) is 14.7 Å². The van der Waals surface area contributed by atoms with Crippen LogP contribution < -0.4 is 4.90 Å². The lowest BCUT2D eigenvalue weighted by molar-refractivity contribution is -0.117. The summed E-state index contributed by atoms with van der Waals surface area (Å²) in [6, 6.07) is 0. The Morgan fingerprint density at radius 1 is 1.73 bits per heavy atom. The van der Waals surface area contributed by atoms with Crippen molar-refractivity contribution in [2.75, 3.05) is 18.0 Å². The first-order valence-electron chi connectivity index (χ1n) is 4.27. The molecule has 1 aliphatic rings. The Labute approximate surface area is 88.7 Å². The second kappa shape index (κ2) is 4.20. The summed E-state index contributed by atoms with van der Waals surface area (Å²) in [5, 5.41) is 11.1. The normalized spacial score (nSPS) is 20.4. The Kier molecular flexibility index (Phi) is 2.75. The van der Waals surface area contributed by atoms with Crippen molar-refractivity contribution in [1.29, 1.82) is 0 Å². The van der Waals surface area contributed by atoms with E-state index in [2.05, 4.69) is 24.8 Å². The van der Waals surface area contributed by atoms with Crippen LogP contribution in [0.3, 0.4) is 0 Å². The van der Waals surface area contributed by atoms with Gasteiger partial charge in [-0.05, 0) is 16.7 Å². The molecule has 9 heteroatoms. The van der Waals surface area contributed by atoms with Crippen molar-refractivity contribution in [3.63, 3.8) is 0 Å². The molecule has 1 amide bonds. The SMILES string of the molecule is [N-]=[N+]=NCC1CC(=O)N(c2nnns2)C1. The number of carbonyl (C=O) groups excluding carboxylic acids is 1. The van der Waals surface area contributed by atoms with Crippen molar-refractivity contribution in [2.45, 2.75) is 6.42 Å². The van der Waals surface area contributed by atoms with Gasteiger partial charge in [0.1, 0.15) is 0 Å². The fraction of sp³-hybridized carbons (Fsp3) is 0.667. The zero-order valence-electron chi connectivity index (χ0n) is 7.65. The van der Waals surface area contributed by atoms with Crippen molar-refractivity contribution >= 4 is 22.6 Å². The van der Waals surface area contributed by atoms with Crippen LogP contribution in [-0.2, 0) is 4.79 Å². The zero-order valence-corrected chi connectivity index (χ0v) is 8.46.